The van der Waals surface area contributed by atoms with Crippen LogP contribution in [-0.4, -0.2) is 18.5 Å². The summed E-state index contributed by atoms with van der Waals surface area (Å²) in [6.07, 6.45) is 9.23. The minimum Gasteiger partial charge on any atom is -0.373 e. The highest BCUT2D eigenvalue weighted by Crippen LogP contribution is 2.39. The number of ether oxygens (including phenoxy) is 1. The number of hydrogen-bond acceptors (Lipinski definition) is 2. The number of benzene rings is 1. The third-order valence-electron chi connectivity index (χ3n) is 5.39. The van der Waals surface area contributed by atoms with Crippen LogP contribution in [0.25, 0.3) is 0 Å². The number of allylic oxidation sites excluding steroid dienone is 5. The lowest BCUT2D eigenvalue weighted by molar-refractivity contribution is -0.121. The summed E-state index contributed by atoms with van der Waals surface area (Å²) < 4.78 is 19.9. The average Bonchev–Trinajstić information content (AvgIpc) is 2.78. The molecule has 1 heterocycles. The van der Waals surface area contributed by atoms with Crippen molar-refractivity contribution < 1.29 is 13.9 Å². The van der Waals surface area contributed by atoms with Gasteiger partial charge >= 0.3 is 0 Å². The molecule has 0 radical (unpaired) electrons. The van der Waals surface area contributed by atoms with E-state index in [9.17, 15) is 9.18 Å². The van der Waals surface area contributed by atoms with Crippen LogP contribution in [0.1, 0.15) is 31.7 Å². The van der Waals surface area contributed by atoms with Crippen molar-refractivity contribution in [2.24, 2.45) is 17.8 Å². The lowest BCUT2D eigenvalue weighted by Gasteiger charge is -2.35. The van der Waals surface area contributed by atoms with Gasteiger partial charge in [0.05, 0.1) is 18.6 Å². The van der Waals surface area contributed by atoms with E-state index < -0.39 is 0 Å². The molecule has 1 aliphatic heterocycles. The van der Waals surface area contributed by atoms with Gasteiger partial charge in [-0.2, -0.15) is 0 Å². The molecule has 1 aromatic rings. The third-order valence-corrected chi connectivity index (χ3v) is 5.39. The number of Topliss-reactive ketones (excluding diaryl/α,β-unsaturated/α-hetero) is 1. The smallest absolute Gasteiger partial charge is 0.143 e. The molecule has 0 bridgehead atoms. The first-order valence-electron chi connectivity index (χ1n) is 8.97. The summed E-state index contributed by atoms with van der Waals surface area (Å²) in [6, 6.07) is 9.82. The topological polar surface area (TPSA) is 26.3 Å². The molecule has 132 valence electrons. The minimum atomic E-state index is -0.231. The molecule has 0 aromatic heterocycles. The van der Waals surface area contributed by atoms with Crippen LogP contribution in [0, 0.1) is 17.8 Å². The van der Waals surface area contributed by atoms with Crippen molar-refractivity contribution in [3.05, 3.63) is 72.1 Å². The van der Waals surface area contributed by atoms with Gasteiger partial charge in [0.15, 0.2) is 0 Å². The molecule has 2 aliphatic rings. The maximum atomic E-state index is 13.9. The van der Waals surface area contributed by atoms with Crippen molar-refractivity contribution in [1.29, 1.82) is 0 Å². The molecule has 3 heteroatoms. The van der Waals surface area contributed by atoms with Crippen LogP contribution in [-0.2, 0) is 9.53 Å². The summed E-state index contributed by atoms with van der Waals surface area (Å²) in [5.74, 6) is 0.0154. The van der Waals surface area contributed by atoms with E-state index in [0.717, 1.165) is 5.56 Å². The van der Waals surface area contributed by atoms with E-state index in [1.165, 1.54) is 6.08 Å². The second kappa shape index (κ2) is 7.92. The molecule has 3 rings (SSSR count). The van der Waals surface area contributed by atoms with Crippen molar-refractivity contribution in [3.8, 4) is 0 Å². The minimum absolute atomic E-state index is 0.0119. The van der Waals surface area contributed by atoms with E-state index in [-0.39, 0.29) is 41.4 Å². The molecule has 25 heavy (non-hydrogen) atoms. The summed E-state index contributed by atoms with van der Waals surface area (Å²) in [6.45, 7) is 4.30. The first-order valence-corrected chi connectivity index (χ1v) is 8.97. The van der Waals surface area contributed by atoms with Crippen molar-refractivity contribution >= 4 is 5.78 Å². The normalized spacial score (nSPS) is 33.3. The van der Waals surface area contributed by atoms with Gasteiger partial charge in [0.1, 0.15) is 11.6 Å². The lowest BCUT2D eigenvalue weighted by atomic mass is 9.72. The molecular weight excluding hydrogens is 315 g/mol. The summed E-state index contributed by atoms with van der Waals surface area (Å²) in [4.78, 5) is 12.8. The predicted octanol–water partition coefficient (Wildman–Crippen LogP) is 5.00. The van der Waals surface area contributed by atoms with Crippen LogP contribution >= 0.6 is 0 Å². The van der Waals surface area contributed by atoms with E-state index >= 15 is 0 Å². The Morgan fingerprint density at radius 2 is 2.00 bits per heavy atom. The lowest BCUT2D eigenvalue weighted by Crippen LogP contribution is -2.34. The molecule has 1 fully saturated rings. The monoisotopic (exact) mass is 340 g/mol. The van der Waals surface area contributed by atoms with Gasteiger partial charge in [0.2, 0.25) is 0 Å². The highest BCUT2D eigenvalue weighted by atomic mass is 19.1. The molecule has 0 N–H and O–H groups in total. The molecule has 1 aliphatic carbocycles. The van der Waals surface area contributed by atoms with Gasteiger partial charge in [-0.15, -0.1) is 0 Å². The van der Waals surface area contributed by atoms with Crippen molar-refractivity contribution in [2.45, 2.75) is 32.3 Å². The number of carbonyl (C=O) groups is 1. The van der Waals surface area contributed by atoms with Crippen LogP contribution in [0.15, 0.2) is 66.5 Å². The Bertz CT molecular complexity index is 689. The van der Waals surface area contributed by atoms with Gasteiger partial charge < -0.3 is 4.74 Å². The summed E-state index contributed by atoms with van der Waals surface area (Å²) in [5, 5.41) is 0. The third kappa shape index (κ3) is 3.98. The Morgan fingerprint density at radius 1 is 1.24 bits per heavy atom. The number of carbonyl (C=O) groups excluding carboxylic acids is 1. The number of halogens is 1. The molecule has 5 unspecified atom stereocenters. The second-order valence-corrected chi connectivity index (χ2v) is 6.97. The highest BCUT2D eigenvalue weighted by Gasteiger charge is 2.39. The Kier molecular flexibility index (Phi) is 5.64. The van der Waals surface area contributed by atoms with E-state index in [2.05, 4.69) is 6.92 Å². The summed E-state index contributed by atoms with van der Waals surface area (Å²) >= 11 is 0. The zero-order valence-electron chi connectivity index (χ0n) is 14.8. The van der Waals surface area contributed by atoms with Gasteiger partial charge in [-0.3, -0.25) is 4.79 Å². The van der Waals surface area contributed by atoms with E-state index in [1.807, 2.05) is 42.5 Å². The molecule has 5 atom stereocenters. The maximum Gasteiger partial charge on any atom is 0.143 e. The molecular formula is C22H25FO2. The van der Waals surface area contributed by atoms with E-state index in [1.54, 1.807) is 19.1 Å². The van der Waals surface area contributed by atoms with Crippen LogP contribution in [0.5, 0.6) is 0 Å². The summed E-state index contributed by atoms with van der Waals surface area (Å²) in [5.41, 5.74) is 1.01. The largest absolute Gasteiger partial charge is 0.373 e. The van der Waals surface area contributed by atoms with Crippen molar-refractivity contribution in [3.63, 3.8) is 0 Å². The molecule has 1 saturated heterocycles. The fourth-order valence-corrected chi connectivity index (χ4v) is 3.87. The second-order valence-electron chi connectivity index (χ2n) is 6.97. The summed E-state index contributed by atoms with van der Waals surface area (Å²) in [7, 11) is 0. The maximum absolute atomic E-state index is 13.9. The quantitative estimate of drug-likeness (QED) is 0.572. The molecule has 1 aromatic carbocycles. The Morgan fingerprint density at radius 3 is 2.72 bits per heavy atom. The van der Waals surface area contributed by atoms with E-state index in [0.29, 0.717) is 13.0 Å². The number of ketones is 1. The molecule has 0 amide bonds. The van der Waals surface area contributed by atoms with Gasteiger partial charge in [-0.25, -0.2) is 4.39 Å². The average molecular weight is 340 g/mol. The Hall–Kier alpha value is -2.00. The number of rotatable bonds is 3. The van der Waals surface area contributed by atoms with Crippen LogP contribution < -0.4 is 0 Å². The van der Waals surface area contributed by atoms with Gasteiger partial charge in [-0.05, 0) is 36.5 Å². The molecule has 0 saturated carbocycles. The van der Waals surface area contributed by atoms with Gasteiger partial charge in [0, 0.05) is 12.3 Å². The fourth-order valence-electron chi connectivity index (χ4n) is 3.87. The Balaban J connectivity index is 1.80. The first kappa shape index (κ1) is 17.8. The first-order chi connectivity index (χ1) is 12.1. The van der Waals surface area contributed by atoms with Crippen LogP contribution in [0.3, 0.4) is 0 Å². The van der Waals surface area contributed by atoms with Gasteiger partial charge in [0.25, 0.3) is 0 Å². The zero-order valence-corrected chi connectivity index (χ0v) is 14.8. The Labute approximate surface area is 149 Å². The number of fused-ring (bicyclic) bond motifs is 1. The number of hydrogen-bond donors (Lipinski definition) is 0. The van der Waals surface area contributed by atoms with Gasteiger partial charge in [-0.1, -0.05) is 55.5 Å². The zero-order chi connectivity index (χ0) is 17.8. The van der Waals surface area contributed by atoms with E-state index in [4.69, 9.17) is 4.74 Å². The van der Waals surface area contributed by atoms with Crippen LogP contribution in [0.2, 0.25) is 0 Å². The standard InChI is InChI=1S/C22H25FO2/c1-3-7-18(23)12-17-10-11-22-19(15(17)2)13-21(24)20(14-25-22)16-8-5-4-6-9-16/h3-12,15,17,19-20,22H,13-14H2,1-2H3/b7-3-,18-12+. The SMILES string of the molecule is C/C=C\C(F)=C/C1C=CC2OCC(c3ccccc3)C(=O)CC2C1C. The fraction of sp³-hybridized carbons (Fsp3) is 0.409. The molecule has 2 nitrogen and oxygen atoms in total. The predicted molar refractivity (Wildman–Crippen MR) is 97.8 cm³/mol. The van der Waals surface area contributed by atoms with Crippen molar-refractivity contribution in [1.82, 2.24) is 0 Å². The van der Waals surface area contributed by atoms with Crippen LogP contribution in [0.4, 0.5) is 4.39 Å². The highest BCUT2D eigenvalue weighted by molar-refractivity contribution is 5.86. The molecule has 0 spiro atoms. The van der Waals surface area contributed by atoms with Crippen molar-refractivity contribution in [2.75, 3.05) is 6.61 Å².